The molecule has 0 saturated heterocycles. The first-order valence-corrected chi connectivity index (χ1v) is 12.3. The third kappa shape index (κ3) is 5.98. The second-order valence-electron chi connectivity index (χ2n) is 9.76. The largest absolute Gasteiger partial charge is 0.478 e. The van der Waals surface area contributed by atoms with Gasteiger partial charge >= 0.3 is 5.97 Å². The number of carboxylic acid groups (broad SMARTS) is 1. The highest BCUT2D eigenvalue weighted by Gasteiger charge is 2.33. The smallest absolute Gasteiger partial charge is 0.337 e. The van der Waals surface area contributed by atoms with E-state index in [1.54, 1.807) is 32.3 Å². The Kier molecular flexibility index (Phi) is 7.90. The number of hydrogen-bond donors (Lipinski definition) is 1. The molecule has 1 fully saturated rings. The van der Waals surface area contributed by atoms with Gasteiger partial charge in [-0.1, -0.05) is 13.0 Å². The number of nitrogens with zero attached hydrogens (tertiary/aromatic N) is 5. The molecule has 2 aromatic heterocycles. The maximum Gasteiger partial charge on any atom is 0.337 e. The van der Waals surface area contributed by atoms with Crippen molar-refractivity contribution in [1.29, 1.82) is 0 Å². The highest BCUT2D eigenvalue weighted by Crippen LogP contribution is 2.36. The average molecular weight is 505 g/mol. The van der Waals surface area contributed by atoms with Crippen molar-refractivity contribution < 1.29 is 23.8 Å². The van der Waals surface area contributed by atoms with Crippen LogP contribution in [0.15, 0.2) is 36.8 Å². The summed E-state index contributed by atoms with van der Waals surface area (Å²) in [5.74, 6) is -2.43. The summed E-state index contributed by atoms with van der Waals surface area (Å²) in [7, 11) is 6.07. The lowest BCUT2D eigenvalue weighted by atomic mass is 9.82. The minimum absolute atomic E-state index is 0.000950. The molecule has 0 unspecified atom stereocenters. The van der Waals surface area contributed by atoms with Gasteiger partial charge in [0, 0.05) is 30.3 Å². The molecule has 0 spiro atoms. The normalized spacial score (nSPS) is 17.5. The number of amides is 1. The number of carbonyl (C=O) groups excluding carboxylic acids is 1. The van der Waals surface area contributed by atoms with Gasteiger partial charge in [0.1, 0.15) is 7.85 Å². The summed E-state index contributed by atoms with van der Waals surface area (Å²) >= 11 is 0. The Balaban J connectivity index is 1.62. The van der Waals surface area contributed by atoms with E-state index < -0.39 is 11.8 Å². The fourth-order valence-corrected chi connectivity index (χ4v) is 4.63. The number of aromatic nitrogens is 4. The predicted octanol–water partition coefficient (Wildman–Crippen LogP) is 3.71. The number of rotatable bonds is 8. The number of pyridine rings is 1. The van der Waals surface area contributed by atoms with Gasteiger partial charge in [-0.25, -0.2) is 14.2 Å². The van der Waals surface area contributed by atoms with Gasteiger partial charge in [-0.15, -0.1) is 0 Å². The molecule has 1 amide bonds. The first-order valence-electron chi connectivity index (χ1n) is 12.3. The minimum atomic E-state index is -1.31. The Morgan fingerprint density at radius 1 is 1.19 bits per heavy atom. The van der Waals surface area contributed by atoms with Crippen LogP contribution in [-0.4, -0.2) is 50.8 Å². The Morgan fingerprint density at radius 2 is 1.86 bits per heavy atom. The van der Waals surface area contributed by atoms with Crippen molar-refractivity contribution in [3.63, 3.8) is 0 Å². The first kappa shape index (κ1) is 26.3. The molecule has 1 aromatic carbocycles. The molecule has 2 heterocycles. The summed E-state index contributed by atoms with van der Waals surface area (Å²) in [4.78, 5) is 32.6. The van der Waals surface area contributed by atoms with E-state index in [2.05, 4.69) is 22.1 Å². The molecule has 0 bridgehead atoms. The minimum Gasteiger partial charge on any atom is -0.478 e. The fourth-order valence-electron chi connectivity index (χ4n) is 4.63. The topological polar surface area (TPSA) is 110 Å². The quantitative estimate of drug-likeness (QED) is 0.465. The zero-order valence-corrected chi connectivity index (χ0v) is 21.1. The lowest BCUT2D eigenvalue weighted by Crippen LogP contribution is -2.43. The number of halogens is 1. The van der Waals surface area contributed by atoms with Crippen LogP contribution in [-0.2, 0) is 11.3 Å². The van der Waals surface area contributed by atoms with E-state index in [1.165, 1.54) is 15.9 Å². The number of ether oxygens (including phenoxy) is 1. The summed E-state index contributed by atoms with van der Waals surface area (Å²) in [6.45, 7) is 6.05. The summed E-state index contributed by atoms with van der Waals surface area (Å²) in [5, 5.41) is 18.0. The van der Waals surface area contributed by atoms with Crippen LogP contribution in [0.1, 0.15) is 62.4 Å². The zero-order chi connectivity index (χ0) is 26.7. The Morgan fingerprint density at radius 3 is 2.46 bits per heavy atom. The highest BCUT2D eigenvalue weighted by atomic mass is 19.1. The van der Waals surface area contributed by atoms with Gasteiger partial charge in [-0.3, -0.25) is 4.79 Å². The second kappa shape index (κ2) is 11.1. The second-order valence-corrected chi connectivity index (χ2v) is 9.76. The molecule has 1 aliphatic carbocycles. The van der Waals surface area contributed by atoms with Gasteiger partial charge in [-0.05, 0) is 56.5 Å². The van der Waals surface area contributed by atoms with Crippen LogP contribution >= 0.6 is 0 Å². The molecular weight excluding hydrogens is 476 g/mol. The maximum atomic E-state index is 15.3. The third-order valence-electron chi connectivity index (χ3n) is 6.59. The number of benzene rings is 1. The average Bonchev–Trinajstić information content (AvgIpc) is 3.35. The van der Waals surface area contributed by atoms with Crippen molar-refractivity contribution in [2.24, 2.45) is 11.8 Å². The summed E-state index contributed by atoms with van der Waals surface area (Å²) in [6.07, 6.45) is 7.90. The predicted molar refractivity (Wildman–Crippen MR) is 136 cm³/mol. The van der Waals surface area contributed by atoms with Crippen molar-refractivity contribution in [3.8, 4) is 11.6 Å². The maximum absolute atomic E-state index is 15.3. The van der Waals surface area contributed by atoms with Crippen molar-refractivity contribution in [3.05, 3.63) is 53.7 Å². The first-order chi connectivity index (χ1) is 17.6. The van der Waals surface area contributed by atoms with Crippen LogP contribution in [0.3, 0.4) is 0 Å². The lowest BCUT2D eigenvalue weighted by molar-refractivity contribution is -0.123. The van der Waals surface area contributed by atoms with Crippen LogP contribution in [0.4, 0.5) is 10.1 Å². The van der Waals surface area contributed by atoms with Gasteiger partial charge < -0.3 is 14.7 Å². The molecule has 3 aromatic rings. The van der Waals surface area contributed by atoms with E-state index >= 15 is 4.39 Å². The van der Waals surface area contributed by atoms with Crippen LogP contribution in [0, 0.1) is 17.7 Å². The number of anilines is 1. The molecule has 1 aliphatic rings. The molecule has 4 rings (SSSR count). The number of carbonyl (C=O) groups is 2. The summed E-state index contributed by atoms with van der Waals surface area (Å²) in [6, 6.07) is 3.34. The van der Waals surface area contributed by atoms with E-state index in [9.17, 15) is 14.7 Å². The Bertz CT molecular complexity index is 1280. The van der Waals surface area contributed by atoms with Crippen molar-refractivity contribution in [1.82, 2.24) is 20.0 Å². The van der Waals surface area contributed by atoms with Gasteiger partial charge in [0.05, 0.1) is 30.2 Å². The van der Waals surface area contributed by atoms with Crippen LogP contribution < -0.4 is 15.1 Å². The zero-order valence-electron chi connectivity index (χ0n) is 21.1. The Hall–Kier alpha value is -3.76. The summed E-state index contributed by atoms with van der Waals surface area (Å²) < 4.78 is 20.9. The van der Waals surface area contributed by atoms with Crippen LogP contribution in [0.5, 0.6) is 11.6 Å². The van der Waals surface area contributed by atoms with Crippen molar-refractivity contribution >= 4 is 30.9 Å². The standard InChI is InChI=1S/C26H29BFN5O4/c1-15(2)33(25(34)18-6-4-16(3)5-7-18)22-12-21(28)23(11-19(22)26(35)36)37-24-20(27)10-17(13-29-24)14-32-30-8-9-31-32/h8-13,15-16,18H,4-7,14H2,1-3H3,(H,35,36). The lowest BCUT2D eigenvalue weighted by Gasteiger charge is -2.34. The molecule has 192 valence electrons. The molecule has 1 saturated carbocycles. The number of carboxylic acids is 1. The van der Waals surface area contributed by atoms with Crippen LogP contribution in [0.25, 0.3) is 0 Å². The molecule has 1 N–H and O–H groups in total. The Labute approximate surface area is 216 Å². The monoisotopic (exact) mass is 505 g/mol. The van der Waals surface area contributed by atoms with E-state index in [0.29, 0.717) is 18.0 Å². The number of hydrogen-bond acceptors (Lipinski definition) is 6. The van der Waals surface area contributed by atoms with Crippen molar-refractivity contribution in [2.75, 3.05) is 4.90 Å². The molecule has 37 heavy (non-hydrogen) atoms. The molecule has 9 nitrogen and oxygen atoms in total. The van der Waals surface area contributed by atoms with Gasteiger partial charge in [-0.2, -0.15) is 15.0 Å². The fraction of sp³-hybridized carbons (Fsp3) is 0.423. The van der Waals surface area contributed by atoms with Gasteiger partial charge in [0.15, 0.2) is 11.6 Å². The SMILES string of the molecule is [B]c1cc(Cn2nccn2)cnc1Oc1cc(C(=O)O)c(N(C(=O)C2CCC(C)CC2)C(C)C)cc1F. The van der Waals surface area contributed by atoms with E-state index in [0.717, 1.165) is 37.8 Å². The van der Waals surface area contributed by atoms with Crippen LogP contribution in [0.2, 0.25) is 0 Å². The molecular formula is C26H29BFN5O4. The molecule has 11 heteroatoms. The van der Waals surface area contributed by atoms with Gasteiger partial charge in [0.25, 0.3) is 0 Å². The molecule has 0 atom stereocenters. The van der Waals surface area contributed by atoms with E-state index in [1.807, 2.05) is 0 Å². The molecule has 2 radical (unpaired) electrons. The third-order valence-corrected chi connectivity index (χ3v) is 6.59. The summed E-state index contributed by atoms with van der Waals surface area (Å²) in [5.41, 5.74) is 0.586. The highest BCUT2D eigenvalue weighted by molar-refractivity contribution is 6.34. The van der Waals surface area contributed by atoms with E-state index in [4.69, 9.17) is 12.6 Å². The molecule has 0 aliphatic heterocycles. The van der Waals surface area contributed by atoms with Crippen molar-refractivity contribution in [2.45, 2.75) is 59.0 Å². The van der Waals surface area contributed by atoms with Gasteiger partial charge in [0.2, 0.25) is 11.8 Å². The number of aromatic carboxylic acids is 1. The van der Waals surface area contributed by atoms with E-state index in [-0.39, 0.29) is 46.2 Å².